The van der Waals surface area contributed by atoms with Crippen LogP contribution in [0.5, 0.6) is 0 Å². The van der Waals surface area contributed by atoms with Crippen molar-refractivity contribution in [3.05, 3.63) is 165 Å². The summed E-state index contributed by atoms with van der Waals surface area (Å²) < 4.78 is 66.8. The van der Waals surface area contributed by atoms with E-state index < -0.39 is 40.0 Å². The van der Waals surface area contributed by atoms with Gasteiger partial charge in [0, 0.05) is 17.3 Å². The molecule has 0 unspecified atom stereocenters. The molecule has 0 aliphatic carbocycles. The molecule has 0 aliphatic rings. The van der Waals surface area contributed by atoms with Gasteiger partial charge in [0.1, 0.15) is 6.61 Å². The summed E-state index contributed by atoms with van der Waals surface area (Å²) in [6, 6.07) is 32.4. The van der Waals surface area contributed by atoms with Gasteiger partial charge in [-0.25, -0.2) is 26.7 Å². The fourth-order valence-electron chi connectivity index (χ4n) is 4.80. The summed E-state index contributed by atoms with van der Waals surface area (Å²) >= 11 is 9.08. The van der Waals surface area contributed by atoms with Crippen LogP contribution in [0.25, 0.3) is 0 Å². The molecule has 0 saturated heterocycles. The number of carbonyl (C=O) groups excluding carboxylic acids is 2. The lowest BCUT2D eigenvalue weighted by Crippen LogP contribution is -2.37. The maximum Gasteiger partial charge on any atom is 0.338 e. The van der Waals surface area contributed by atoms with Gasteiger partial charge in [0.15, 0.2) is 23.3 Å². The van der Waals surface area contributed by atoms with Crippen molar-refractivity contribution in [3.63, 3.8) is 0 Å². The van der Waals surface area contributed by atoms with Crippen LogP contribution in [0.15, 0.2) is 108 Å². The highest BCUT2D eigenvalue weighted by molar-refractivity contribution is 7.80. The van der Waals surface area contributed by atoms with Crippen molar-refractivity contribution in [1.29, 1.82) is 0 Å². The number of amides is 1. The van der Waals surface area contributed by atoms with E-state index in [1.165, 1.54) is 5.56 Å². The molecule has 5 aromatic carbocycles. The van der Waals surface area contributed by atoms with E-state index in [0.29, 0.717) is 29.4 Å². The lowest BCUT2D eigenvalue weighted by atomic mass is 9.87. The average molecular weight is 791 g/mol. The smallest absolute Gasteiger partial charge is 0.338 e. The Bertz CT molecular complexity index is 1880. The maximum absolute atomic E-state index is 13.4. The van der Waals surface area contributed by atoms with Gasteiger partial charge in [-0.05, 0) is 64.1 Å². The molecule has 0 atom stereocenters. The number of halogens is 6. The van der Waals surface area contributed by atoms with Gasteiger partial charge in [0.25, 0.3) is 0 Å². The molecule has 288 valence electrons. The molecule has 0 aromatic heterocycles. The molecular formula is C40H40ClF5N2O5S. The van der Waals surface area contributed by atoms with Crippen LogP contribution in [0.2, 0.25) is 5.02 Å². The predicted molar refractivity (Wildman–Crippen MR) is 202 cm³/mol. The van der Waals surface area contributed by atoms with E-state index in [4.69, 9.17) is 16.3 Å². The number of hydrogen-bond acceptors (Lipinski definition) is 5. The van der Waals surface area contributed by atoms with Gasteiger partial charge in [-0.3, -0.25) is 4.79 Å². The molecule has 0 saturated carbocycles. The second kappa shape index (κ2) is 20.6. The van der Waals surface area contributed by atoms with Gasteiger partial charge in [-0.2, -0.15) is 0 Å². The third kappa shape index (κ3) is 12.4. The number of nitrogens with one attached hydrogen (secondary N) is 1. The standard InChI is InChI=1S/C34H35ClN2O3.C6HF5S.2H2O/c1-34(2,3)29-15-9-26(10-16-29)23-37(32(38)22-36-21-25-11-17-30(35)18-12-25)31-19-13-28(14-20-31)33(39)40-24-27-7-5-4-6-8-27;7-1-2(8)4(10)6(12)5(11)3(1)9;;/h4-20,36H,21-24H2,1-3H3;12H;2*1H2. The number of hydrogen-bond donors (Lipinski definition) is 2. The Morgan fingerprint density at radius 1 is 0.704 bits per heavy atom. The Labute approximate surface area is 320 Å². The number of rotatable bonds is 10. The number of benzene rings is 5. The zero-order valence-corrected chi connectivity index (χ0v) is 31.2. The number of esters is 1. The number of nitrogens with zero attached hydrogens (tertiary/aromatic N) is 1. The molecule has 0 heterocycles. The summed E-state index contributed by atoms with van der Waals surface area (Å²) in [4.78, 5) is 26.6. The number of anilines is 1. The molecule has 0 bridgehead atoms. The maximum atomic E-state index is 13.4. The normalized spacial score (nSPS) is 10.6. The molecule has 5 N–H and O–H groups in total. The van der Waals surface area contributed by atoms with Gasteiger partial charge >= 0.3 is 5.97 Å². The second-order valence-corrected chi connectivity index (χ2v) is 13.6. The highest BCUT2D eigenvalue weighted by atomic mass is 35.5. The van der Waals surface area contributed by atoms with E-state index in [0.717, 1.165) is 16.7 Å². The highest BCUT2D eigenvalue weighted by Gasteiger charge is 2.23. The molecule has 0 aliphatic heterocycles. The minimum absolute atomic E-state index is 0. The first-order valence-corrected chi connectivity index (χ1v) is 16.8. The third-order valence-electron chi connectivity index (χ3n) is 7.79. The van der Waals surface area contributed by atoms with E-state index in [2.05, 4.69) is 63.0 Å². The molecule has 14 heteroatoms. The van der Waals surface area contributed by atoms with Gasteiger partial charge < -0.3 is 25.9 Å². The van der Waals surface area contributed by atoms with Crippen molar-refractivity contribution < 1.29 is 47.2 Å². The minimum atomic E-state index is -2.18. The van der Waals surface area contributed by atoms with Crippen LogP contribution >= 0.6 is 24.2 Å². The summed E-state index contributed by atoms with van der Waals surface area (Å²) in [5.41, 5.74) is 5.40. The lowest BCUT2D eigenvalue weighted by Gasteiger charge is -2.25. The van der Waals surface area contributed by atoms with Crippen LogP contribution < -0.4 is 10.2 Å². The Hall–Kier alpha value is -4.79. The first-order valence-electron chi connectivity index (χ1n) is 16.0. The summed E-state index contributed by atoms with van der Waals surface area (Å²) in [7, 11) is 0. The highest BCUT2D eigenvalue weighted by Crippen LogP contribution is 2.26. The largest absolute Gasteiger partial charge is 0.457 e. The van der Waals surface area contributed by atoms with Crippen LogP contribution in [-0.4, -0.2) is 29.4 Å². The van der Waals surface area contributed by atoms with Crippen LogP contribution in [0.1, 0.15) is 53.4 Å². The van der Waals surface area contributed by atoms with Crippen molar-refractivity contribution in [3.8, 4) is 0 Å². The van der Waals surface area contributed by atoms with Crippen molar-refractivity contribution in [2.75, 3.05) is 11.4 Å². The van der Waals surface area contributed by atoms with Crippen LogP contribution in [0, 0.1) is 29.1 Å². The molecule has 54 heavy (non-hydrogen) atoms. The summed E-state index contributed by atoms with van der Waals surface area (Å²) in [5, 5.41) is 3.92. The van der Waals surface area contributed by atoms with Crippen LogP contribution in [0.4, 0.5) is 27.6 Å². The SMILES string of the molecule is CC(C)(C)c1ccc(CN(C(=O)CNCc2ccc(Cl)cc2)c2ccc(C(=O)OCc3ccccc3)cc2)cc1.Fc1c(F)c(F)c(S)c(F)c1F.O.O. The van der Waals surface area contributed by atoms with Gasteiger partial charge in [-0.15, -0.1) is 12.6 Å². The monoisotopic (exact) mass is 790 g/mol. The van der Waals surface area contributed by atoms with E-state index in [1.54, 1.807) is 29.2 Å². The summed E-state index contributed by atoms with van der Waals surface area (Å²) in [5.74, 6) is -10.5. The molecule has 0 radical (unpaired) electrons. The first kappa shape index (κ1) is 45.4. The van der Waals surface area contributed by atoms with Gasteiger partial charge in [0.2, 0.25) is 11.7 Å². The van der Waals surface area contributed by atoms with E-state index in [9.17, 15) is 31.5 Å². The topological polar surface area (TPSA) is 122 Å². The zero-order valence-electron chi connectivity index (χ0n) is 29.5. The lowest BCUT2D eigenvalue weighted by molar-refractivity contribution is -0.118. The Balaban J connectivity index is 0.000000615. The van der Waals surface area contributed by atoms with E-state index in [-0.39, 0.29) is 35.4 Å². The average Bonchev–Trinajstić information content (AvgIpc) is 3.15. The van der Waals surface area contributed by atoms with E-state index >= 15 is 0 Å². The molecule has 5 aromatic rings. The number of carbonyl (C=O) groups is 2. The fraction of sp³-hybridized carbons (Fsp3) is 0.200. The van der Waals surface area contributed by atoms with Gasteiger partial charge in [-0.1, -0.05) is 99.1 Å². The van der Waals surface area contributed by atoms with E-state index in [1.807, 2.05) is 54.6 Å². The predicted octanol–water partition coefficient (Wildman–Crippen LogP) is 8.34. The Morgan fingerprint density at radius 3 is 1.76 bits per heavy atom. The zero-order chi connectivity index (χ0) is 38.0. The molecule has 0 fully saturated rings. The molecule has 5 rings (SSSR count). The summed E-state index contributed by atoms with van der Waals surface area (Å²) in [6.45, 7) is 7.84. The number of ether oxygens (including phenoxy) is 1. The Kier molecular flexibility index (Phi) is 17.3. The van der Waals surface area contributed by atoms with Crippen LogP contribution in [-0.2, 0) is 34.6 Å². The van der Waals surface area contributed by atoms with Crippen molar-refractivity contribution >= 4 is 41.8 Å². The third-order valence-corrected chi connectivity index (χ3v) is 8.44. The molecule has 1 amide bonds. The number of thiol groups is 1. The van der Waals surface area contributed by atoms with Crippen molar-refractivity contribution in [2.45, 2.75) is 50.8 Å². The van der Waals surface area contributed by atoms with Gasteiger partial charge in [0.05, 0.1) is 23.5 Å². The summed E-state index contributed by atoms with van der Waals surface area (Å²) in [6.07, 6.45) is 0. The first-order chi connectivity index (χ1) is 24.6. The van der Waals surface area contributed by atoms with Crippen molar-refractivity contribution in [2.24, 2.45) is 0 Å². The Morgan fingerprint density at radius 2 is 1.22 bits per heavy atom. The van der Waals surface area contributed by atoms with Crippen LogP contribution in [0.3, 0.4) is 0 Å². The second-order valence-electron chi connectivity index (χ2n) is 12.7. The van der Waals surface area contributed by atoms with Crippen molar-refractivity contribution in [1.82, 2.24) is 5.32 Å². The molecular weight excluding hydrogens is 751 g/mol. The molecule has 0 spiro atoms. The minimum Gasteiger partial charge on any atom is -0.457 e. The quantitative estimate of drug-likeness (QED) is 0.0486. The molecule has 7 nitrogen and oxygen atoms in total. The fourth-order valence-corrected chi connectivity index (χ4v) is 5.13.